The number of piperazine rings is 1. The van der Waals surface area contributed by atoms with Crippen LogP contribution < -0.4 is 0 Å². The Morgan fingerprint density at radius 3 is 2.32 bits per heavy atom. The summed E-state index contributed by atoms with van der Waals surface area (Å²) in [5.74, 6) is 0.567. The maximum Gasteiger partial charge on any atom is 0.0542 e. The molecule has 0 amide bonds. The number of nitrogens with zero attached hydrogens (tertiary/aromatic N) is 3. The van der Waals surface area contributed by atoms with Crippen molar-refractivity contribution in [3.63, 3.8) is 0 Å². The average Bonchev–Trinajstić information content (AvgIpc) is 2.63. The summed E-state index contributed by atoms with van der Waals surface area (Å²) in [6, 6.07) is 16.8. The second-order valence-corrected chi connectivity index (χ2v) is 7.29. The number of halogens is 1. The van der Waals surface area contributed by atoms with Crippen LogP contribution in [-0.4, -0.2) is 42.3 Å². The fourth-order valence-corrected chi connectivity index (χ4v) is 3.19. The molecule has 0 N–H and O–H groups in total. The second kappa shape index (κ2) is 8.50. The van der Waals surface area contributed by atoms with Gasteiger partial charge in [-0.15, -0.1) is 0 Å². The Kier molecular flexibility index (Phi) is 6.11. The van der Waals surface area contributed by atoms with Crippen LogP contribution in [-0.2, 0) is 6.54 Å². The molecule has 0 spiro atoms. The maximum atomic E-state index is 6.26. The number of hydrogen-bond donors (Lipinski definition) is 0. The zero-order chi connectivity index (χ0) is 17.6. The van der Waals surface area contributed by atoms with Gasteiger partial charge in [0.15, 0.2) is 0 Å². The zero-order valence-corrected chi connectivity index (χ0v) is 15.8. The molecule has 0 aromatic heterocycles. The molecule has 1 aliphatic rings. The molecule has 0 radical (unpaired) electrons. The molecule has 1 heterocycles. The Bertz CT molecular complexity index is 701. The van der Waals surface area contributed by atoms with Gasteiger partial charge in [-0.3, -0.25) is 9.91 Å². The highest BCUT2D eigenvalue weighted by Gasteiger charge is 2.16. The van der Waals surface area contributed by atoms with E-state index in [0.29, 0.717) is 5.92 Å². The van der Waals surface area contributed by atoms with Gasteiger partial charge >= 0.3 is 0 Å². The third-order valence-corrected chi connectivity index (χ3v) is 5.04. The van der Waals surface area contributed by atoms with Crippen LogP contribution in [0, 0.1) is 0 Å². The van der Waals surface area contributed by atoms with Gasteiger partial charge in [0.05, 0.1) is 6.21 Å². The third kappa shape index (κ3) is 5.07. The number of benzene rings is 2. The van der Waals surface area contributed by atoms with Gasteiger partial charge in [-0.2, -0.15) is 5.10 Å². The summed E-state index contributed by atoms with van der Waals surface area (Å²) in [7, 11) is 0. The lowest BCUT2D eigenvalue weighted by Crippen LogP contribution is -2.43. The van der Waals surface area contributed by atoms with Gasteiger partial charge in [0.1, 0.15) is 0 Å². The minimum Gasteiger partial charge on any atom is -0.295 e. The summed E-state index contributed by atoms with van der Waals surface area (Å²) in [6.45, 7) is 9.25. The molecule has 4 heteroatoms. The van der Waals surface area contributed by atoms with Crippen molar-refractivity contribution in [3.05, 3.63) is 70.2 Å². The summed E-state index contributed by atoms with van der Waals surface area (Å²) < 4.78 is 0. The van der Waals surface area contributed by atoms with E-state index in [4.69, 9.17) is 11.6 Å². The van der Waals surface area contributed by atoms with Crippen LogP contribution in [0.3, 0.4) is 0 Å². The fourth-order valence-electron chi connectivity index (χ4n) is 2.99. The molecule has 1 fully saturated rings. The lowest BCUT2D eigenvalue weighted by molar-refractivity contribution is 0.131. The third-order valence-electron chi connectivity index (χ3n) is 4.67. The Labute approximate surface area is 155 Å². The zero-order valence-electron chi connectivity index (χ0n) is 15.0. The lowest BCUT2D eigenvalue weighted by Gasteiger charge is -2.33. The van der Waals surface area contributed by atoms with Crippen LogP contribution in [0.4, 0.5) is 0 Å². The van der Waals surface area contributed by atoms with Gasteiger partial charge in [-0.05, 0) is 28.7 Å². The summed E-state index contributed by atoms with van der Waals surface area (Å²) in [5, 5.41) is 7.65. The van der Waals surface area contributed by atoms with Crippen LogP contribution >= 0.6 is 11.6 Å². The Balaban J connectivity index is 1.49. The van der Waals surface area contributed by atoms with Gasteiger partial charge in [0.2, 0.25) is 0 Å². The van der Waals surface area contributed by atoms with Crippen molar-refractivity contribution in [1.82, 2.24) is 9.91 Å². The number of hydrogen-bond acceptors (Lipinski definition) is 3. The Morgan fingerprint density at radius 1 is 1.00 bits per heavy atom. The van der Waals surface area contributed by atoms with E-state index in [1.807, 2.05) is 24.4 Å². The van der Waals surface area contributed by atoms with E-state index < -0.39 is 0 Å². The predicted octanol–water partition coefficient (Wildman–Crippen LogP) is 4.62. The SMILES string of the molecule is CC(C)c1ccc(/C=N/N2CCN(Cc3ccccc3Cl)CC2)cc1. The highest BCUT2D eigenvalue weighted by molar-refractivity contribution is 6.31. The molecule has 1 aliphatic heterocycles. The number of hydrazone groups is 1. The monoisotopic (exact) mass is 355 g/mol. The fraction of sp³-hybridized carbons (Fsp3) is 0.381. The minimum atomic E-state index is 0.567. The largest absolute Gasteiger partial charge is 0.295 e. The van der Waals surface area contributed by atoms with Crippen LogP contribution in [0.2, 0.25) is 5.02 Å². The molecule has 2 aromatic carbocycles. The number of rotatable bonds is 5. The standard InChI is InChI=1S/C21H26ClN3/c1-17(2)19-9-7-18(8-10-19)15-23-25-13-11-24(12-14-25)16-20-5-3-4-6-21(20)22/h3-10,15,17H,11-14,16H2,1-2H3/b23-15+. The van der Waals surface area contributed by atoms with E-state index in [2.05, 4.69) is 59.2 Å². The molecule has 2 aromatic rings. The molecule has 0 unspecified atom stereocenters. The van der Waals surface area contributed by atoms with E-state index in [0.717, 1.165) is 43.3 Å². The molecule has 0 aliphatic carbocycles. The van der Waals surface area contributed by atoms with Crippen molar-refractivity contribution in [2.75, 3.05) is 26.2 Å². The Morgan fingerprint density at radius 2 is 1.68 bits per heavy atom. The first kappa shape index (κ1) is 18.0. The summed E-state index contributed by atoms with van der Waals surface area (Å²) in [4.78, 5) is 2.44. The summed E-state index contributed by atoms with van der Waals surface area (Å²) in [5.41, 5.74) is 3.72. The van der Waals surface area contributed by atoms with Crippen molar-refractivity contribution in [2.45, 2.75) is 26.3 Å². The van der Waals surface area contributed by atoms with E-state index in [1.165, 1.54) is 11.1 Å². The maximum absolute atomic E-state index is 6.26. The molecule has 132 valence electrons. The highest BCUT2D eigenvalue weighted by atomic mass is 35.5. The first-order valence-electron chi connectivity index (χ1n) is 8.96. The molecular weight excluding hydrogens is 330 g/mol. The van der Waals surface area contributed by atoms with E-state index in [9.17, 15) is 0 Å². The quantitative estimate of drug-likeness (QED) is 0.729. The van der Waals surface area contributed by atoms with E-state index in [1.54, 1.807) is 0 Å². The molecule has 0 atom stereocenters. The predicted molar refractivity (Wildman–Crippen MR) is 106 cm³/mol. The molecule has 3 rings (SSSR count). The first-order chi connectivity index (χ1) is 12.1. The molecule has 3 nitrogen and oxygen atoms in total. The van der Waals surface area contributed by atoms with Crippen molar-refractivity contribution < 1.29 is 0 Å². The molecule has 25 heavy (non-hydrogen) atoms. The molecular formula is C21H26ClN3. The summed E-state index contributed by atoms with van der Waals surface area (Å²) >= 11 is 6.26. The average molecular weight is 356 g/mol. The van der Waals surface area contributed by atoms with Gasteiger partial charge in [0.25, 0.3) is 0 Å². The minimum absolute atomic E-state index is 0.567. The summed E-state index contributed by atoms with van der Waals surface area (Å²) in [6.07, 6.45) is 1.97. The molecule has 0 saturated carbocycles. The van der Waals surface area contributed by atoms with Crippen molar-refractivity contribution in [2.24, 2.45) is 5.10 Å². The highest BCUT2D eigenvalue weighted by Crippen LogP contribution is 2.18. The van der Waals surface area contributed by atoms with E-state index >= 15 is 0 Å². The van der Waals surface area contributed by atoms with Gasteiger partial charge in [-0.1, -0.05) is 67.9 Å². The smallest absolute Gasteiger partial charge is 0.0542 e. The van der Waals surface area contributed by atoms with Gasteiger partial charge in [0, 0.05) is 37.7 Å². The van der Waals surface area contributed by atoms with Crippen LogP contribution in [0.5, 0.6) is 0 Å². The first-order valence-corrected chi connectivity index (χ1v) is 9.34. The normalized spacial score (nSPS) is 16.1. The second-order valence-electron chi connectivity index (χ2n) is 6.89. The van der Waals surface area contributed by atoms with Crippen LogP contribution in [0.15, 0.2) is 53.6 Å². The van der Waals surface area contributed by atoms with Gasteiger partial charge in [-0.25, -0.2) is 0 Å². The van der Waals surface area contributed by atoms with Gasteiger partial charge < -0.3 is 0 Å². The van der Waals surface area contributed by atoms with E-state index in [-0.39, 0.29) is 0 Å². The van der Waals surface area contributed by atoms with Crippen molar-refractivity contribution in [1.29, 1.82) is 0 Å². The topological polar surface area (TPSA) is 18.8 Å². The molecule has 1 saturated heterocycles. The Hall–Kier alpha value is -1.84. The van der Waals surface area contributed by atoms with Crippen LogP contribution in [0.1, 0.15) is 36.5 Å². The molecule has 0 bridgehead atoms. The van der Waals surface area contributed by atoms with Crippen molar-refractivity contribution >= 4 is 17.8 Å². The van der Waals surface area contributed by atoms with Crippen molar-refractivity contribution in [3.8, 4) is 0 Å². The van der Waals surface area contributed by atoms with Crippen LogP contribution in [0.25, 0.3) is 0 Å². The lowest BCUT2D eigenvalue weighted by atomic mass is 10.0.